The van der Waals surface area contributed by atoms with Gasteiger partial charge in [-0.05, 0) is 67.2 Å². The molecule has 38 heavy (non-hydrogen) atoms. The summed E-state index contributed by atoms with van der Waals surface area (Å²) < 4.78 is 7.64. The van der Waals surface area contributed by atoms with E-state index >= 15 is 0 Å². The highest BCUT2D eigenvalue weighted by molar-refractivity contribution is 9.10. The van der Waals surface area contributed by atoms with E-state index in [2.05, 4.69) is 40.9 Å². The normalized spacial score (nSPS) is 16.2. The van der Waals surface area contributed by atoms with Crippen LogP contribution in [0.5, 0.6) is 0 Å². The summed E-state index contributed by atoms with van der Waals surface area (Å²) in [7, 11) is 2.88. The zero-order valence-corrected chi connectivity index (χ0v) is 24.3. The molecule has 0 spiro atoms. The first-order valence-corrected chi connectivity index (χ1v) is 14.4. The number of allylic oxidation sites excluding steroid dienone is 4. The first-order chi connectivity index (χ1) is 18.3. The Kier molecular flexibility index (Phi) is 11.0. The van der Waals surface area contributed by atoms with Gasteiger partial charge in [0.25, 0.3) is 5.91 Å². The van der Waals surface area contributed by atoms with Crippen LogP contribution < -0.4 is 16.0 Å². The van der Waals surface area contributed by atoms with Gasteiger partial charge in [0, 0.05) is 48.5 Å². The highest BCUT2D eigenvalue weighted by atomic mass is 79.9. The Labute approximate surface area is 236 Å². The minimum absolute atomic E-state index is 0.0639. The van der Waals surface area contributed by atoms with Crippen LogP contribution in [-0.4, -0.2) is 61.3 Å². The molecule has 2 aliphatic rings. The highest BCUT2D eigenvalue weighted by Gasteiger charge is 2.34. The van der Waals surface area contributed by atoms with Crippen LogP contribution in [0.2, 0.25) is 0 Å². The van der Waals surface area contributed by atoms with E-state index in [0.717, 1.165) is 34.3 Å². The topological polar surface area (TPSA) is 124 Å². The van der Waals surface area contributed by atoms with Gasteiger partial charge in [0.15, 0.2) is 0 Å². The fraction of sp³-hybridized carbons (Fsp3) is 0.407. The number of carbonyl (C=O) groups is 3. The zero-order valence-electron chi connectivity index (χ0n) is 21.9. The average Bonchev–Trinajstić information content (AvgIpc) is 3.76. The van der Waals surface area contributed by atoms with Gasteiger partial charge in [0.1, 0.15) is 5.70 Å². The molecule has 1 saturated carbocycles. The minimum Gasteiger partial charge on any atom is -0.469 e. The van der Waals surface area contributed by atoms with Crippen molar-refractivity contribution in [1.29, 1.82) is 5.41 Å². The fourth-order valence-electron chi connectivity index (χ4n) is 3.96. The molecule has 0 unspecified atom stereocenters. The molecule has 3 rings (SSSR count). The van der Waals surface area contributed by atoms with Crippen LogP contribution in [-0.2, 0) is 19.1 Å². The van der Waals surface area contributed by atoms with E-state index in [1.807, 2.05) is 42.7 Å². The number of anilines is 1. The molecule has 0 atom stereocenters. The Morgan fingerprint density at radius 2 is 1.87 bits per heavy atom. The molecule has 2 aliphatic carbocycles. The van der Waals surface area contributed by atoms with E-state index in [-0.39, 0.29) is 30.4 Å². The molecule has 204 valence electrons. The summed E-state index contributed by atoms with van der Waals surface area (Å²) in [5, 5.41) is 17.6. The molecule has 4 N–H and O–H groups in total. The number of nitrogens with one attached hydrogen (secondary N) is 4. The standard InChI is InChI=1S/C27H34BrN5O4S/c1-30-27(36)26(32-19-9-7-18(28)8-10-19)21-15-20(17-5-6-17)23(16-22(21)29)33(38-3)14-4-13-31-24(34)11-12-25(35)37-2/h7-10,15-17,29,32H,4-6,11-14H2,1-3H3,(H,30,36)(H,31,34)/b26-21-,29-22?. The Morgan fingerprint density at radius 3 is 2.47 bits per heavy atom. The number of nitrogens with zero attached hydrogens (tertiary/aromatic N) is 1. The molecule has 1 aromatic carbocycles. The van der Waals surface area contributed by atoms with Gasteiger partial charge in [0.2, 0.25) is 5.91 Å². The van der Waals surface area contributed by atoms with Gasteiger partial charge >= 0.3 is 5.97 Å². The minimum atomic E-state index is -0.403. The van der Waals surface area contributed by atoms with Crippen LogP contribution >= 0.6 is 27.9 Å². The average molecular weight is 605 g/mol. The molecule has 1 fully saturated rings. The molecule has 11 heteroatoms. The smallest absolute Gasteiger partial charge is 0.306 e. The Bertz CT molecular complexity index is 1160. The van der Waals surface area contributed by atoms with Gasteiger partial charge in [-0.25, -0.2) is 0 Å². The second-order valence-electron chi connectivity index (χ2n) is 8.88. The maximum atomic E-state index is 12.9. The maximum absolute atomic E-state index is 12.9. The fourth-order valence-corrected chi connectivity index (χ4v) is 4.90. The predicted octanol–water partition coefficient (Wildman–Crippen LogP) is 4.15. The monoisotopic (exact) mass is 603 g/mol. The van der Waals surface area contributed by atoms with E-state index in [1.54, 1.807) is 19.0 Å². The number of esters is 1. The molecule has 0 saturated heterocycles. The number of methoxy groups -OCH3 is 1. The molecule has 9 nitrogen and oxygen atoms in total. The van der Waals surface area contributed by atoms with E-state index in [1.165, 1.54) is 7.11 Å². The van der Waals surface area contributed by atoms with Crippen molar-refractivity contribution in [2.75, 3.05) is 38.8 Å². The Balaban J connectivity index is 1.75. The van der Waals surface area contributed by atoms with Crippen LogP contribution in [0.15, 0.2) is 63.4 Å². The number of halogens is 1. The summed E-state index contributed by atoms with van der Waals surface area (Å²) in [5.74, 6) is -0.492. The van der Waals surface area contributed by atoms with Crippen molar-refractivity contribution >= 4 is 57.1 Å². The summed E-state index contributed by atoms with van der Waals surface area (Å²) >= 11 is 4.99. The third kappa shape index (κ3) is 8.22. The summed E-state index contributed by atoms with van der Waals surface area (Å²) in [6.07, 6.45) is 8.80. The molecular formula is C27H34BrN5O4S. The maximum Gasteiger partial charge on any atom is 0.306 e. The van der Waals surface area contributed by atoms with Crippen LogP contribution in [0.25, 0.3) is 0 Å². The lowest BCUT2D eigenvalue weighted by Gasteiger charge is -2.30. The highest BCUT2D eigenvalue weighted by Crippen LogP contribution is 2.44. The van der Waals surface area contributed by atoms with Crippen LogP contribution in [0.4, 0.5) is 5.69 Å². The lowest BCUT2D eigenvalue weighted by atomic mass is 9.92. The molecular weight excluding hydrogens is 570 g/mol. The molecule has 0 aromatic heterocycles. The molecule has 0 heterocycles. The summed E-state index contributed by atoms with van der Waals surface area (Å²) in [5.41, 5.74) is 3.97. The number of amides is 2. The van der Waals surface area contributed by atoms with Gasteiger partial charge < -0.3 is 30.4 Å². The number of carbonyl (C=O) groups excluding carboxylic acids is 3. The number of hydrogen-bond donors (Lipinski definition) is 4. The lowest BCUT2D eigenvalue weighted by Crippen LogP contribution is -2.30. The largest absolute Gasteiger partial charge is 0.469 e. The van der Waals surface area contributed by atoms with E-state index in [9.17, 15) is 14.4 Å². The van der Waals surface area contributed by atoms with Crippen molar-refractivity contribution < 1.29 is 19.1 Å². The molecule has 0 bridgehead atoms. The van der Waals surface area contributed by atoms with Crippen LogP contribution in [0, 0.1) is 11.3 Å². The van der Waals surface area contributed by atoms with E-state index in [4.69, 9.17) is 5.41 Å². The van der Waals surface area contributed by atoms with Crippen molar-refractivity contribution in [3.05, 3.63) is 63.4 Å². The van der Waals surface area contributed by atoms with E-state index < -0.39 is 5.97 Å². The SMILES string of the molecule is CNC(=O)/C(Nc1ccc(Br)cc1)=C1\C=C(C2CC2)C(N(CCCNC(=O)CCC(=O)OC)SC)=CC1=N. The first-order valence-electron chi connectivity index (χ1n) is 12.4. The number of rotatable bonds is 13. The van der Waals surface area contributed by atoms with Gasteiger partial charge in [-0.1, -0.05) is 27.9 Å². The zero-order chi connectivity index (χ0) is 27.7. The lowest BCUT2D eigenvalue weighted by molar-refractivity contribution is -0.142. The second-order valence-corrected chi connectivity index (χ2v) is 10.6. The van der Waals surface area contributed by atoms with Gasteiger partial charge in [-0.3, -0.25) is 14.4 Å². The number of hydrogen-bond acceptors (Lipinski definition) is 8. The van der Waals surface area contributed by atoms with Gasteiger partial charge in [0.05, 0.1) is 24.9 Å². The predicted molar refractivity (Wildman–Crippen MR) is 155 cm³/mol. The first kappa shape index (κ1) is 29.5. The van der Waals surface area contributed by atoms with Crippen molar-refractivity contribution in [3.63, 3.8) is 0 Å². The number of ether oxygens (including phenoxy) is 1. The molecule has 2 amide bonds. The van der Waals surface area contributed by atoms with Crippen LogP contribution in [0.3, 0.4) is 0 Å². The second kappa shape index (κ2) is 14.2. The molecule has 0 radical (unpaired) electrons. The quantitative estimate of drug-likeness (QED) is 0.115. The Hall–Kier alpha value is -3.05. The van der Waals surface area contributed by atoms with E-state index in [0.29, 0.717) is 36.7 Å². The van der Waals surface area contributed by atoms with Crippen molar-refractivity contribution in [1.82, 2.24) is 14.9 Å². The van der Waals surface area contributed by atoms with Crippen molar-refractivity contribution in [3.8, 4) is 0 Å². The van der Waals surface area contributed by atoms with Crippen molar-refractivity contribution in [2.45, 2.75) is 32.1 Å². The van der Waals surface area contributed by atoms with Crippen LogP contribution in [0.1, 0.15) is 32.1 Å². The Morgan fingerprint density at radius 1 is 1.16 bits per heavy atom. The third-order valence-electron chi connectivity index (χ3n) is 6.15. The third-order valence-corrected chi connectivity index (χ3v) is 7.50. The summed E-state index contributed by atoms with van der Waals surface area (Å²) in [6.45, 7) is 1.15. The van der Waals surface area contributed by atoms with Crippen molar-refractivity contribution in [2.24, 2.45) is 5.92 Å². The number of likely N-dealkylation sites (N-methyl/N-ethyl adjacent to an activating group) is 1. The summed E-state index contributed by atoms with van der Waals surface area (Å²) in [6, 6.07) is 7.52. The van der Waals surface area contributed by atoms with Gasteiger partial charge in [-0.15, -0.1) is 0 Å². The number of benzene rings is 1. The molecule has 0 aliphatic heterocycles. The van der Waals surface area contributed by atoms with Gasteiger partial charge in [-0.2, -0.15) is 0 Å². The summed E-state index contributed by atoms with van der Waals surface area (Å²) in [4.78, 5) is 36.0. The molecule has 1 aromatic rings.